The van der Waals surface area contributed by atoms with Crippen LogP contribution in [0.5, 0.6) is 0 Å². The fourth-order valence-electron chi connectivity index (χ4n) is 2.72. The van der Waals surface area contributed by atoms with Crippen molar-refractivity contribution in [3.63, 3.8) is 0 Å². The Morgan fingerprint density at radius 1 is 1.26 bits per heavy atom. The Morgan fingerprint density at radius 3 is 2.58 bits per heavy atom. The highest BCUT2D eigenvalue weighted by Gasteiger charge is 2.40. The van der Waals surface area contributed by atoms with E-state index in [0.29, 0.717) is 18.8 Å². The van der Waals surface area contributed by atoms with Gasteiger partial charge >= 0.3 is 0 Å². The average molecular weight is 259 g/mol. The highest BCUT2D eigenvalue weighted by Crippen LogP contribution is 2.33. The van der Waals surface area contributed by atoms with Crippen LogP contribution in [-0.2, 0) is 9.47 Å². The van der Waals surface area contributed by atoms with E-state index in [-0.39, 0.29) is 5.79 Å². The molecule has 0 atom stereocenters. The molecule has 2 saturated heterocycles. The second kappa shape index (κ2) is 4.80. The Hall–Kier alpha value is -1.64. The first kappa shape index (κ1) is 12.4. The van der Waals surface area contributed by atoms with Gasteiger partial charge in [0, 0.05) is 31.6 Å². The van der Waals surface area contributed by atoms with Crippen molar-refractivity contribution in [1.82, 2.24) is 4.98 Å². The number of piperidine rings is 1. The van der Waals surface area contributed by atoms with Gasteiger partial charge in [-0.05, 0) is 19.1 Å². The molecule has 0 bridgehead atoms. The maximum absolute atomic E-state index is 9.18. The van der Waals surface area contributed by atoms with E-state index in [0.717, 1.165) is 37.4 Å². The first-order chi connectivity index (χ1) is 9.22. The third kappa shape index (κ3) is 2.29. The molecule has 0 radical (unpaired) electrons. The average Bonchev–Trinajstić information content (AvgIpc) is 2.88. The van der Waals surface area contributed by atoms with Gasteiger partial charge in [-0.3, -0.25) is 0 Å². The number of aryl methyl sites for hydroxylation is 1. The molecule has 5 nitrogen and oxygen atoms in total. The molecule has 100 valence electrons. The molecule has 0 unspecified atom stereocenters. The van der Waals surface area contributed by atoms with Gasteiger partial charge in [-0.1, -0.05) is 0 Å². The standard InChI is InChI=1S/C14H17N3O2/c1-11-2-3-12(10-15)13(16-11)17-6-4-14(5-7-17)18-8-9-19-14/h2-3H,4-9H2,1H3. The van der Waals surface area contributed by atoms with E-state index in [4.69, 9.17) is 9.47 Å². The van der Waals surface area contributed by atoms with E-state index < -0.39 is 0 Å². The summed E-state index contributed by atoms with van der Waals surface area (Å²) in [4.78, 5) is 6.66. The van der Waals surface area contributed by atoms with Crippen molar-refractivity contribution < 1.29 is 9.47 Å². The molecule has 0 amide bonds. The summed E-state index contributed by atoms with van der Waals surface area (Å²) in [6, 6.07) is 5.92. The number of pyridine rings is 1. The summed E-state index contributed by atoms with van der Waals surface area (Å²) in [5.41, 5.74) is 1.57. The zero-order valence-electron chi connectivity index (χ0n) is 11.1. The molecule has 2 aliphatic heterocycles. The number of hydrogen-bond acceptors (Lipinski definition) is 5. The molecular formula is C14H17N3O2. The molecule has 0 N–H and O–H groups in total. The Labute approximate surface area is 112 Å². The van der Waals surface area contributed by atoms with Crippen LogP contribution >= 0.6 is 0 Å². The SMILES string of the molecule is Cc1ccc(C#N)c(N2CCC3(CC2)OCCO3)n1. The Morgan fingerprint density at radius 2 is 1.95 bits per heavy atom. The van der Waals surface area contributed by atoms with Crippen LogP contribution in [0.1, 0.15) is 24.1 Å². The Bertz CT molecular complexity index is 508. The molecule has 0 aliphatic carbocycles. The lowest BCUT2D eigenvalue weighted by molar-refractivity contribution is -0.169. The third-order valence-corrected chi connectivity index (χ3v) is 3.77. The van der Waals surface area contributed by atoms with Crippen molar-refractivity contribution in [3.05, 3.63) is 23.4 Å². The van der Waals surface area contributed by atoms with Crippen LogP contribution < -0.4 is 4.90 Å². The summed E-state index contributed by atoms with van der Waals surface area (Å²) >= 11 is 0. The molecule has 3 rings (SSSR count). The molecule has 19 heavy (non-hydrogen) atoms. The second-order valence-electron chi connectivity index (χ2n) is 5.03. The van der Waals surface area contributed by atoms with Gasteiger partial charge in [0.2, 0.25) is 0 Å². The Kier molecular flexibility index (Phi) is 3.13. The quantitative estimate of drug-likeness (QED) is 0.766. The predicted octanol–water partition coefficient (Wildman–Crippen LogP) is 1.60. The molecule has 1 aromatic heterocycles. The van der Waals surface area contributed by atoms with Crippen molar-refractivity contribution in [3.8, 4) is 6.07 Å². The zero-order chi connectivity index (χ0) is 13.3. The van der Waals surface area contributed by atoms with E-state index >= 15 is 0 Å². The maximum atomic E-state index is 9.18. The van der Waals surface area contributed by atoms with Crippen molar-refractivity contribution in [2.45, 2.75) is 25.6 Å². The smallest absolute Gasteiger partial charge is 0.171 e. The van der Waals surface area contributed by atoms with Crippen molar-refractivity contribution in [2.75, 3.05) is 31.2 Å². The van der Waals surface area contributed by atoms with Gasteiger partial charge in [0.15, 0.2) is 5.79 Å². The fraction of sp³-hybridized carbons (Fsp3) is 0.571. The summed E-state index contributed by atoms with van der Waals surface area (Å²) in [5, 5.41) is 9.18. The van der Waals surface area contributed by atoms with E-state index in [1.807, 2.05) is 19.1 Å². The Balaban J connectivity index is 1.78. The second-order valence-corrected chi connectivity index (χ2v) is 5.03. The van der Waals surface area contributed by atoms with Crippen molar-refractivity contribution in [2.24, 2.45) is 0 Å². The van der Waals surface area contributed by atoms with Gasteiger partial charge in [0.05, 0.1) is 18.8 Å². The minimum absolute atomic E-state index is 0.382. The van der Waals surface area contributed by atoms with Gasteiger partial charge in [-0.15, -0.1) is 0 Å². The lowest BCUT2D eigenvalue weighted by Gasteiger charge is -2.38. The monoisotopic (exact) mass is 259 g/mol. The molecule has 0 saturated carbocycles. The van der Waals surface area contributed by atoms with Gasteiger partial charge in [-0.2, -0.15) is 5.26 Å². The summed E-state index contributed by atoms with van der Waals surface area (Å²) in [7, 11) is 0. The molecule has 3 heterocycles. The van der Waals surface area contributed by atoms with Crippen molar-refractivity contribution in [1.29, 1.82) is 5.26 Å². The summed E-state index contributed by atoms with van der Waals surface area (Å²) < 4.78 is 11.4. The van der Waals surface area contributed by atoms with Gasteiger partial charge < -0.3 is 14.4 Å². The van der Waals surface area contributed by atoms with Crippen molar-refractivity contribution >= 4 is 5.82 Å². The first-order valence-electron chi connectivity index (χ1n) is 6.63. The molecule has 1 aromatic rings. The van der Waals surface area contributed by atoms with E-state index in [9.17, 15) is 5.26 Å². The molecular weight excluding hydrogens is 242 g/mol. The molecule has 5 heteroatoms. The van der Waals surface area contributed by atoms with Crippen LogP contribution in [0.4, 0.5) is 5.82 Å². The third-order valence-electron chi connectivity index (χ3n) is 3.77. The zero-order valence-corrected chi connectivity index (χ0v) is 11.1. The van der Waals surface area contributed by atoms with Crippen LogP contribution in [0.15, 0.2) is 12.1 Å². The highest BCUT2D eigenvalue weighted by atomic mass is 16.7. The number of hydrogen-bond donors (Lipinski definition) is 0. The van der Waals surface area contributed by atoms with Crippen LogP contribution in [0.2, 0.25) is 0 Å². The van der Waals surface area contributed by atoms with E-state index in [2.05, 4.69) is 16.0 Å². The van der Waals surface area contributed by atoms with E-state index in [1.54, 1.807) is 0 Å². The van der Waals surface area contributed by atoms with E-state index in [1.165, 1.54) is 0 Å². The summed E-state index contributed by atoms with van der Waals surface area (Å²) in [6.45, 7) is 4.94. The predicted molar refractivity (Wildman–Crippen MR) is 69.8 cm³/mol. The van der Waals surface area contributed by atoms with Crippen LogP contribution in [0.25, 0.3) is 0 Å². The largest absolute Gasteiger partial charge is 0.355 e. The van der Waals surface area contributed by atoms with Gasteiger partial charge in [-0.25, -0.2) is 4.98 Å². The molecule has 2 fully saturated rings. The summed E-state index contributed by atoms with van der Waals surface area (Å²) in [6.07, 6.45) is 1.65. The number of nitrogens with zero attached hydrogens (tertiary/aromatic N) is 3. The number of nitriles is 1. The number of aromatic nitrogens is 1. The summed E-state index contributed by atoms with van der Waals surface area (Å²) in [5.74, 6) is 0.406. The minimum atomic E-state index is -0.382. The number of ether oxygens (including phenoxy) is 2. The lowest BCUT2D eigenvalue weighted by atomic mass is 10.0. The fourth-order valence-corrected chi connectivity index (χ4v) is 2.72. The lowest BCUT2D eigenvalue weighted by Crippen LogP contribution is -2.45. The van der Waals surface area contributed by atoms with Crippen LogP contribution in [0, 0.1) is 18.3 Å². The molecule has 1 spiro atoms. The molecule has 0 aromatic carbocycles. The van der Waals surface area contributed by atoms with Gasteiger partial charge in [0.25, 0.3) is 0 Å². The normalized spacial score (nSPS) is 21.6. The number of rotatable bonds is 1. The first-order valence-corrected chi connectivity index (χ1v) is 6.63. The van der Waals surface area contributed by atoms with Crippen LogP contribution in [0.3, 0.4) is 0 Å². The highest BCUT2D eigenvalue weighted by molar-refractivity contribution is 5.54. The van der Waals surface area contributed by atoms with Crippen LogP contribution in [-0.4, -0.2) is 37.1 Å². The molecule has 2 aliphatic rings. The topological polar surface area (TPSA) is 58.4 Å². The maximum Gasteiger partial charge on any atom is 0.171 e. The minimum Gasteiger partial charge on any atom is -0.355 e. The van der Waals surface area contributed by atoms with Gasteiger partial charge in [0.1, 0.15) is 11.9 Å². The number of anilines is 1.